The van der Waals surface area contributed by atoms with Gasteiger partial charge in [-0.1, -0.05) is 106 Å². The first kappa shape index (κ1) is 28.4. The Labute approximate surface area is 137 Å². The fraction of sp³-hybridized carbons (Fsp3) is 0.714. The van der Waals surface area contributed by atoms with Crippen LogP contribution in [-0.4, -0.2) is 0 Å². The summed E-state index contributed by atoms with van der Waals surface area (Å²) in [6.45, 7) is 28.8. The Bertz CT molecular complexity index is 222. The Hall–Kier alpha value is -0.780. The second kappa shape index (κ2) is 24.3. The molecule has 0 radical (unpaired) electrons. The molecule has 0 heteroatoms. The van der Waals surface area contributed by atoms with Gasteiger partial charge in [0, 0.05) is 0 Å². The van der Waals surface area contributed by atoms with E-state index in [2.05, 4.69) is 46.9 Å². The van der Waals surface area contributed by atoms with E-state index in [0.29, 0.717) is 5.92 Å². The quantitative estimate of drug-likeness (QED) is 0.329. The maximum Gasteiger partial charge on any atom is -0.0206 e. The van der Waals surface area contributed by atoms with Crippen molar-refractivity contribution in [2.24, 2.45) is 17.8 Å². The predicted octanol–water partition coefficient (Wildman–Crippen LogP) is 8.07. The van der Waals surface area contributed by atoms with Gasteiger partial charge >= 0.3 is 0 Å². The van der Waals surface area contributed by atoms with Gasteiger partial charge in [0.15, 0.2) is 0 Å². The second-order valence-corrected chi connectivity index (χ2v) is 4.58. The van der Waals surface area contributed by atoms with Crippen molar-refractivity contribution in [1.29, 1.82) is 0 Å². The maximum atomic E-state index is 4.07. The third kappa shape index (κ3) is 17.2. The first-order valence-corrected chi connectivity index (χ1v) is 8.97. The zero-order valence-corrected chi connectivity index (χ0v) is 16.8. The van der Waals surface area contributed by atoms with Crippen molar-refractivity contribution >= 4 is 0 Å². The lowest BCUT2D eigenvalue weighted by atomic mass is 9.77. The Balaban J connectivity index is -0.000000212. The SMILES string of the molecule is C=C/C=C/CC(C)[C@@H](CC)C(C)C(=C)C.CC.CC.CC. The van der Waals surface area contributed by atoms with Crippen molar-refractivity contribution in [2.45, 2.75) is 82.1 Å². The zero-order valence-electron chi connectivity index (χ0n) is 16.8. The fourth-order valence-electron chi connectivity index (χ4n) is 2.18. The monoisotopic (exact) mass is 296 g/mol. The molecule has 0 amide bonds. The van der Waals surface area contributed by atoms with Crippen molar-refractivity contribution in [3.63, 3.8) is 0 Å². The minimum Gasteiger partial charge on any atom is -0.0999 e. The maximum absolute atomic E-state index is 4.07. The smallest absolute Gasteiger partial charge is 0.0206 e. The highest BCUT2D eigenvalue weighted by Crippen LogP contribution is 2.30. The van der Waals surface area contributed by atoms with Crippen LogP contribution in [0.4, 0.5) is 0 Å². The third-order valence-corrected chi connectivity index (χ3v) is 3.40. The largest absolute Gasteiger partial charge is 0.0999 e. The van der Waals surface area contributed by atoms with Gasteiger partial charge in [-0.15, -0.1) is 0 Å². The summed E-state index contributed by atoms with van der Waals surface area (Å²) in [4.78, 5) is 0. The van der Waals surface area contributed by atoms with Crippen molar-refractivity contribution in [2.75, 3.05) is 0 Å². The van der Waals surface area contributed by atoms with E-state index in [1.54, 1.807) is 0 Å². The lowest BCUT2D eigenvalue weighted by Gasteiger charge is -2.28. The summed E-state index contributed by atoms with van der Waals surface area (Å²) in [5.74, 6) is 2.09. The van der Waals surface area contributed by atoms with E-state index in [4.69, 9.17) is 0 Å². The molecule has 0 aliphatic carbocycles. The Morgan fingerprint density at radius 1 is 1.00 bits per heavy atom. The van der Waals surface area contributed by atoms with Gasteiger partial charge in [0.2, 0.25) is 0 Å². The molecule has 0 rings (SSSR count). The summed E-state index contributed by atoms with van der Waals surface area (Å²) in [7, 11) is 0. The van der Waals surface area contributed by atoms with Crippen molar-refractivity contribution < 1.29 is 0 Å². The van der Waals surface area contributed by atoms with Crippen LogP contribution in [0.3, 0.4) is 0 Å². The molecule has 0 bridgehead atoms. The van der Waals surface area contributed by atoms with Crippen LogP contribution >= 0.6 is 0 Å². The van der Waals surface area contributed by atoms with E-state index in [9.17, 15) is 0 Å². The Morgan fingerprint density at radius 2 is 1.43 bits per heavy atom. The highest BCUT2D eigenvalue weighted by atomic mass is 14.3. The molecule has 128 valence electrons. The van der Waals surface area contributed by atoms with E-state index in [0.717, 1.165) is 18.3 Å². The molecule has 0 aliphatic heterocycles. The third-order valence-electron chi connectivity index (χ3n) is 3.40. The molecular formula is C21H44. The summed E-state index contributed by atoms with van der Waals surface area (Å²) in [5, 5.41) is 0. The molecule has 0 saturated carbocycles. The van der Waals surface area contributed by atoms with Crippen LogP contribution < -0.4 is 0 Å². The molecule has 21 heavy (non-hydrogen) atoms. The van der Waals surface area contributed by atoms with Crippen LogP contribution in [0.15, 0.2) is 37.0 Å². The molecule has 0 aromatic carbocycles. The standard InChI is InChI=1S/C15H26.3C2H6/c1-7-9-10-11-13(5)15(8-2)14(6)12(3)4;3*1-2/h7,9-10,13-15H,1,3,8,11H2,2,4-6H3;3*1-2H3/b10-9+;;;/t13?,14?,15-;;;/m1.../s1. The van der Waals surface area contributed by atoms with Gasteiger partial charge in [0.1, 0.15) is 0 Å². The van der Waals surface area contributed by atoms with Crippen molar-refractivity contribution in [1.82, 2.24) is 0 Å². The average Bonchev–Trinajstić information content (AvgIpc) is 2.54. The van der Waals surface area contributed by atoms with Crippen LogP contribution in [0.5, 0.6) is 0 Å². The number of hydrogen-bond donors (Lipinski definition) is 0. The molecule has 0 saturated heterocycles. The van der Waals surface area contributed by atoms with Gasteiger partial charge in [-0.3, -0.25) is 0 Å². The van der Waals surface area contributed by atoms with Crippen molar-refractivity contribution in [3.05, 3.63) is 37.0 Å². The molecule has 0 aliphatic rings. The molecule has 0 aromatic heterocycles. The zero-order chi connectivity index (χ0) is 17.8. The van der Waals surface area contributed by atoms with Crippen molar-refractivity contribution in [3.8, 4) is 0 Å². The average molecular weight is 297 g/mol. The number of hydrogen-bond acceptors (Lipinski definition) is 0. The molecule has 0 nitrogen and oxygen atoms in total. The van der Waals surface area contributed by atoms with E-state index >= 15 is 0 Å². The van der Waals surface area contributed by atoms with Crippen LogP contribution in [0.25, 0.3) is 0 Å². The molecule has 0 N–H and O–H groups in total. The second-order valence-electron chi connectivity index (χ2n) is 4.58. The molecule has 0 aromatic rings. The van der Waals surface area contributed by atoms with Crippen LogP contribution in [-0.2, 0) is 0 Å². The highest BCUT2D eigenvalue weighted by Gasteiger charge is 2.21. The summed E-state index contributed by atoms with van der Waals surface area (Å²) >= 11 is 0. The Kier molecular flexibility index (Phi) is 32.8. The number of allylic oxidation sites excluding steroid dienone is 4. The van der Waals surface area contributed by atoms with Gasteiger partial charge in [-0.2, -0.15) is 0 Å². The van der Waals surface area contributed by atoms with E-state index < -0.39 is 0 Å². The van der Waals surface area contributed by atoms with E-state index in [-0.39, 0.29) is 0 Å². The van der Waals surface area contributed by atoms with E-state index in [1.807, 2.05) is 53.7 Å². The minimum atomic E-state index is 0.627. The first-order chi connectivity index (χ1) is 10.0. The van der Waals surface area contributed by atoms with Gasteiger partial charge in [0.25, 0.3) is 0 Å². The lowest BCUT2D eigenvalue weighted by Crippen LogP contribution is -2.19. The molecule has 3 atom stereocenters. The summed E-state index contributed by atoms with van der Waals surface area (Å²) in [6.07, 6.45) is 8.47. The molecular weight excluding hydrogens is 252 g/mol. The summed E-state index contributed by atoms with van der Waals surface area (Å²) in [6, 6.07) is 0. The number of rotatable bonds is 7. The Morgan fingerprint density at radius 3 is 1.71 bits per heavy atom. The molecule has 0 spiro atoms. The lowest BCUT2D eigenvalue weighted by molar-refractivity contribution is 0.276. The predicted molar refractivity (Wildman–Crippen MR) is 105 cm³/mol. The van der Waals surface area contributed by atoms with Crippen LogP contribution in [0.1, 0.15) is 82.1 Å². The molecule has 2 unspecified atom stereocenters. The van der Waals surface area contributed by atoms with Gasteiger partial charge < -0.3 is 0 Å². The normalized spacial score (nSPS) is 13.2. The van der Waals surface area contributed by atoms with Gasteiger partial charge in [0.05, 0.1) is 0 Å². The van der Waals surface area contributed by atoms with Crippen LogP contribution in [0, 0.1) is 17.8 Å². The van der Waals surface area contributed by atoms with Gasteiger partial charge in [-0.25, -0.2) is 0 Å². The minimum absolute atomic E-state index is 0.627. The van der Waals surface area contributed by atoms with Gasteiger partial charge in [-0.05, 0) is 31.1 Å². The first-order valence-electron chi connectivity index (χ1n) is 8.97. The fourth-order valence-corrected chi connectivity index (χ4v) is 2.18. The molecule has 0 heterocycles. The van der Waals surface area contributed by atoms with E-state index in [1.165, 1.54) is 12.0 Å². The summed E-state index contributed by atoms with van der Waals surface area (Å²) in [5.41, 5.74) is 1.31. The topological polar surface area (TPSA) is 0 Å². The highest BCUT2D eigenvalue weighted by molar-refractivity contribution is 5.01. The molecule has 0 fully saturated rings. The van der Waals surface area contributed by atoms with Crippen LogP contribution in [0.2, 0.25) is 0 Å². The summed E-state index contributed by atoms with van der Waals surface area (Å²) < 4.78 is 0.